The first-order valence-electron chi connectivity index (χ1n) is 9.93. The van der Waals surface area contributed by atoms with Gasteiger partial charge in [-0.25, -0.2) is 4.79 Å². The highest BCUT2D eigenvalue weighted by atomic mass is 16.6. The Hall–Kier alpha value is -1.51. The lowest BCUT2D eigenvalue weighted by Crippen LogP contribution is -2.42. The van der Waals surface area contributed by atoms with Crippen molar-refractivity contribution < 1.29 is 9.53 Å². The van der Waals surface area contributed by atoms with Gasteiger partial charge in [-0.3, -0.25) is 0 Å². The molecule has 1 fully saturated rings. The van der Waals surface area contributed by atoms with Crippen molar-refractivity contribution in [1.29, 1.82) is 0 Å². The second kappa shape index (κ2) is 8.02. The maximum atomic E-state index is 12.6. The first-order chi connectivity index (χ1) is 12.0. The maximum absolute atomic E-state index is 12.6. The number of hydrogen-bond donors (Lipinski definition) is 1. The molecule has 1 atom stereocenters. The van der Waals surface area contributed by atoms with Crippen LogP contribution in [0.5, 0.6) is 5.75 Å². The lowest BCUT2D eigenvalue weighted by molar-refractivity contribution is 0.126. The van der Waals surface area contributed by atoms with Crippen LogP contribution in [0.1, 0.15) is 90.7 Å². The first-order valence-corrected chi connectivity index (χ1v) is 9.93. The number of para-hydroxylation sites is 1. The molecule has 0 saturated heterocycles. The molecule has 0 aromatic heterocycles. The van der Waals surface area contributed by atoms with Crippen molar-refractivity contribution >= 4 is 6.09 Å². The molecular weight excluding hydrogens is 322 g/mol. The molecule has 0 aliphatic heterocycles. The van der Waals surface area contributed by atoms with Gasteiger partial charge < -0.3 is 10.1 Å². The van der Waals surface area contributed by atoms with Crippen LogP contribution in [0.3, 0.4) is 0 Å². The number of benzene rings is 1. The van der Waals surface area contributed by atoms with E-state index in [4.69, 9.17) is 4.74 Å². The summed E-state index contributed by atoms with van der Waals surface area (Å²) in [5.41, 5.74) is 2.57. The highest BCUT2D eigenvalue weighted by Crippen LogP contribution is 2.45. The average Bonchev–Trinajstić information content (AvgIpc) is 2.51. The number of hydrogen-bond acceptors (Lipinski definition) is 2. The minimum Gasteiger partial charge on any atom is -0.410 e. The summed E-state index contributed by atoms with van der Waals surface area (Å²) in [7, 11) is 0. The predicted octanol–water partition coefficient (Wildman–Crippen LogP) is 6.44. The van der Waals surface area contributed by atoms with E-state index in [-0.39, 0.29) is 11.5 Å². The summed E-state index contributed by atoms with van der Waals surface area (Å²) in [6.45, 7) is 16.0. The van der Waals surface area contributed by atoms with Gasteiger partial charge in [0.15, 0.2) is 0 Å². The van der Waals surface area contributed by atoms with Crippen molar-refractivity contribution in [3.8, 4) is 5.75 Å². The topological polar surface area (TPSA) is 38.3 Å². The van der Waals surface area contributed by atoms with Crippen LogP contribution < -0.4 is 10.1 Å². The summed E-state index contributed by atoms with van der Waals surface area (Å²) in [6, 6.07) is 6.16. The van der Waals surface area contributed by atoms with Gasteiger partial charge in [-0.15, -0.1) is 0 Å². The number of nitrogens with one attached hydrogen (secondary N) is 1. The molecule has 1 aromatic carbocycles. The van der Waals surface area contributed by atoms with E-state index in [0.717, 1.165) is 36.1 Å². The molecular formula is C23H36NO2. The van der Waals surface area contributed by atoms with Gasteiger partial charge in [0, 0.05) is 6.54 Å². The number of ether oxygens (including phenoxy) is 1. The SMILES string of the molecule is CC(C)c1cccc(C(C)C)c1OC(=O)NCC1(C)C[CH]CC(C)(C)C1. The number of amides is 1. The Morgan fingerprint density at radius 1 is 1.08 bits per heavy atom. The molecule has 1 aliphatic carbocycles. The van der Waals surface area contributed by atoms with E-state index in [1.807, 2.05) is 0 Å². The third kappa shape index (κ3) is 5.25. The van der Waals surface area contributed by atoms with Crippen LogP contribution in [-0.2, 0) is 0 Å². The Bertz CT molecular complexity index is 607. The van der Waals surface area contributed by atoms with Crippen LogP contribution in [0.4, 0.5) is 4.79 Å². The molecule has 3 nitrogen and oxygen atoms in total. The molecule has 0 bridgehead atoms. The largest absolute Gasteiger partial charge is 0.412 e. The molecule has 1 amide bonds. The molecule has 0 heterocycles. The van der Waals surface area contributed by atoms with Gasteiger partial charge in [-0.2, -0.15) is 0 Å². The van der Waals surface area contributed by atoms with Crippen LogP contribution >= 0.6 is 0 Å². The standard InChI is InChI=1S/C23H36NO2/c1-16(2)18-10-8-11-19(17(3)4)20(18)26-21(25)24-15-23(7)13-9-12-22(5,6)14-23/h8-11,16-17H,12-15H2,1-7H3,(H,24,25). The van der Waals surface area contributed by atoms with Gasteiger partial charge in [-0.05, 0) is 59.5 Å². The number of carbonyl (C=O) groups is 1. The predicted molar refractivity (Wildman–Crippen MR) is 109 cm³/mol. The number of rotatable bonds is 5. The van der Waals surface area contributed by atoms with E-state index in [0.29, 0.717) is 23.8 Å². The summed E-state index contributed by atoms with van der Waals surface area (Å²) < 4.78 is 5.83. The Morgan fingerprint density at radius 2 is 1.65 bits per heavy atom. The van der Waals surface area contributed by atoms with Crippen molar-refractivity contribution in [2.75, 3.05) is 6.54 Å². The zero-order valence-corrected chi connectivity index (χ0v) is 17.6. The van der Waals surface area contributed by atoms with Crippen molar-refractivity contribution in [3.05, 3.63) is 35.7 Å². The normalized spacial score (nSPS) is 22.5. The van der Waals surface area contributed by atoms with Crippen molar-refractivity contribution in [3.63, 3.8) is 0 Å². The quantitative estimate of drug-likeness (QED) is 0.657. The molecule has 1 aromatic rings. The van der Waals surface area contributed by atoms with Crippen LogP contribution in [0.15, 0.2) is 18.2 Å². The monoisotopic (exact) mass is 358 g/mol. The van der Waals surface area contributed by atoms with Gasteiger partial charge in [-0.1, -0.05) is 66.7 Å². The van der Waals surface area contributed by atoms with Crippen molar-refractivity contribution in [2.45, 2.75) is 79.6 Å². The van der Waals surface area contributed by atoms with Crippen LogP contribution in [0.25, 0.3) is 0 Å². The van der Waals surface area contributed by atoms with Crippen LogP contribution in [0, 0.1) is 17.3 Å². The molecule has 26 heavy (non-hydrogen) atoms. The van der Waals surface area contributed by atoms with Crippen LogP contribution in [-0.4, -0.2) is 12.6 Å². The molecule has 2 rings (SSSR count). The van der Waals surface area contributed by atoms with E-state index in [9.17, 15) is 4.79 Å². The minimum absolute atomic E-state index is 0.0964. The fourth-order valence-corrected chi connectivity index (χ4v) is 4.26. The zero-order valence-electron chi connectivity index (χ0n) is 17.6. The molecule has 1 unspecified atom stereocenters. The van der Waals surface area contributed by atoms with Gasteiger partial charge in [0.2, 0.25) is 0 Å². The fourth-order valence-electron chi connectivity index (χ4n) is 4.26. The third-order valence-electron chi connectivity index (χ3n) is 5.41. The summed E-state index contributed by atoms with van der Waals surface area (Å²) >= 11 is 0. The van der Waals surface area contributed by atoms with E-state index in [2.05, 4.69) is 78.4 Å². The summed E-state index contributed by atoms with van der Waals surface area (Å²) in [4.78, 5) is 12.6. The molecule has 145 valence electrons. The van der Waals surface area contributed by atoms with E-state index < -0.39 is 0 Å². The fraction of sp³-hybridized carbons (Fsp3) is 0.652. The second-order valence-corrected chi connectivity index (χ2v) is 9.67. The first kappa shape index (κ1) is 20.8. The van der Waals surface area contributed by atoms with Gasteiger partial charge in [0.1, 0.15) is 5.75 Å². The minimum atomic E-state index is -0.343. The molecule has 3 heteroatoms. The summed E-state index contributed by atoms with van der Waals surface area (Å²) in [5, 5.41) is 3.03. The third-order valence-corrected chi connectivity index (χ3v) is 5.41. The maximum Gasteiger partial charge on any atom is 0.412 e. The smallest absolute Gasteiger partial charge is 0.410 e. The zero-order chi connectivity index (χ0) is 19.5. The Balaban J connectivity index is 2.08. The van der Waals surface area contributed by atoms with Crippen molar-refractivity contribution in [1.82, 2.24) is 5.32 Å². The van der Waals surface area contributed by atoms with E-state index in [1.54, 1.807) is 0 Å². The Labute approximate surface area is 159 Å². The molecule has 1 saturated carbocycles. The molecule has 1 N–H and O–H groups in total. The van der Waals surface area contributed by atoms with Crippen molar-refractivity contribution in [2.24, 2.45) is 10.8 Å². The van der Waals surface area contributed by atoms with E-state index in [1.165, 1.54) is 0 Å². The lowest BCUT2D eigenvalue weighted by Gasteiger charge is -2.42. The van der Waals surface area contributed by atoms with Gasteiger partial charge in [0.05, 0.1) is 0 Å². The second-order valence-electron chi connectivity index (χ2n) is 9.67. The Morgan fingerprint density at radius 3 is 2.15 bits per heavy atom. The lowest BCUT2D eigenvalue weighted by atomic mass is 9.64. The summed E-state index contributed by atoms with van der Waals surface area (Å²) in [5.74, 6) is 1.35. The molecule has 1 radical (unpaired) electrons. The van der Waals surface area contributed by atoms with Gasteiger partial charge >= 0.3 is 6.09 Å². The van der Waals surface area contributed by atoms with Gasteiger partial charge in [0.25, 0.3) is 0 Å². The highest BCUT2D eigenvalue weighted by Gasteiger charge is 2.37. The van der Waals surface area contributed by atoms with E-state index >= 15 is 0 Å². The van der Waals surface area contributed by atoms with Crippen LogP contribution in [0.2, 0.25) is 0 Å². The number of carbonyl (C=O) groups excluding carboxylic acids is 1. The summed E-state index contributed by atoms with van der Waals surface area (Å²) in [6.07, 6.45) is 5.31. The molecule has 1 aliphatic rings. The molecule has 0 spiro atoms. The highest BCUT2D eigenvalue weighted by molar-refractivity contribution is 5.71. The Kier molecular flexibility index (Phi) is 6.42. The average molecular weight is 359 g/mol.